The predicted octanol–water partition coefficient (Wildman–Crippen LogP) is 2.69. The smallest absolute Gasteiger partial charge is 0.149 e. The first-order valence-corrected chi connectivity index (χ1v) is 4.58. The number of benzene rings is 1. The molecule has 0 saturated carbocycles. The maximum atomic E-state index is 13.3. The second kappa shape index (κ2) is 4.14. The Morgan fingerprint density at radius 3 is 2.44 bits per heavy atom. The number of halogens is 2. The molecule has 0 aliphatic carbocycles. The second-order valence-electron chi connectivity index (χ2n) is 3.23. The molecule has 2 aromatic rings. The number of nitrogens with two attached hydrogens (primary N) is 1. The molecule has 5 heteroatoms. The van der Waals surface area contributed by atoms with Crippen molar-refractivity contribution in [2.24, 2.45) is 0 Å². The average Bonchev–Trinajstić information content (AvgIpc) is 2.24. The Hall–Kier alpha value is -2.17. The van der Waals surface area contributed by atoms with E-state index in [1.165, 1.54) is 30.6 Å². The van der Waals surface area contributed by atoms with E-state index in [2.05, 4.69) is 10.3 Å². The van der Waals surface area contributed by atoms with Crippen LogP contribution in [0.25, 0.3) is 0 Å². The Bertz CT molecular complexity index is 494. The third-order valence-corrected chi connectivity index (χ3v) is 1.99. The maximum absolute atomic E-state index is 13.3. The zero-order valence-corrected chi connectivity index (χ0v) is 8.24. The van der Waals surface area contributed by atoms with Gasteiger partial charge in [0.15, 0.2) is 0 Å². The van der Waals surface area contributed by atoms with E-state index in [1.807, 2.05) is 0 Å². The number of anilines is 3. The zero-order chi connectivity index (χ0) is 11.5. The number of nitrogen functional groups attached to an aromatic ring is 1. The van der Waals surface area contributed by atoms with E-state index in [9.17, 15) is 8.78 Å². The Labute approximate surface area is 90.9 Å². The van der Waals surface area contributed by atoms with Gasteiger partial charge in [-0.3, -0.25) is 4.98 Å². The fourth-order valence-corrected chi connectivity index (χ4v) is 1.29. The molecule has 1 aromatic heterocycles. The molecular formula is C11H9F2N3. The molecule has 1 aromatic carbocycles. The molecule has 16 heavy (non-hydrogen) atoms. The Balaban J connectivity index is 2.34. The van der Waals surface area contributed by atoms with Crippen LogP contribution >= 0.6 is 0 Å². The highest BCUT2D eigenvalue weighted by Crippen LogP contribution is 2.23. The van der Waals surface area contributed by atoms with E-state index in [4.69, 9.17) is 5.73 Å². The number of aromatic nitrogens is 1. The van der Waals surface area contributed by atoms with Crippen molar-refractivity contribution in [3.63, 3.8) is 0 Å². The Kier molecular flexibility index (Phi) is 2.68. The summed E-state index contributed by atoms with van der Waals surface area (Å²) in [5.74, 6) is -1.33. The molecule has 0 aliphatic heterocycles. The molecule has 3 N–H and O–H groups in total. The first-order chi connectivity index (χ1) is 7.66. The Morgan fingerprint density at radius 1 is 1.12 bits per heavy atom. The van der Waals surface area contributed by atoms with Gasteiger partial charge in [0, 0.05) is 6.20 Å². The van der Waals surface area contributed by atoms with Crippen molar-refractivity contribution in [1.82, 2.24) is 4.98 Å². The second-order valence-corrected chi connectivity index (χ2v) is 3.23. The molecule has 0 bridgehead atoms. The van der Waals surface area contributed by atoms with Gasteiger partial charge in [0.1, 0.15) is 17.3 Å². The van der Waals surface area contributed by atoms with E-state index in [-0.39, 0.29) is 5.69 Å². The highest BCUT2D eigenvalue weighted by atomic mass is 19.1. The molecule has 0 saturated heterocycles. The van der Waals surface area contributed by atoms with Crippen LogP contribution in [-0.4, -0.2) is 4.98 Å². The minimum absolute atomic E-state index is 0.213. The van der Waals surface area contributed by atoms with E-state index in [0.717, 1.165) is 0 Å². The van der Waals surface area contributed by atoms with Gasteiger partial charge in [0.05, 0.1) is 17.6 Å². The monoisotopic (exact) mass is 221 g/mol. The van der Waals surface area contributed by atoms with Crippen molar-refractivity contribution in [2.75, 3.05) is 11.1 Å². The van der Waals surface area contributed by atoms with Crippen LogP contribution in [0.1, 0.15) is 0 Å². The van der Waals surface area contributed by atoms with Gasteiger partial charge < -0.3 is 11.1 Å². The van der Waals surface area contributed by atoms with Crippen LogP contribution in [0.5, 0.6) is 0 Å². The average molecular weight is 221 g/mol. The van der Waals surface area contributed by atoms with Gasteiger partial charge in [0.2, 0.25) is 0 Å². The third kappa shape index (κ3) is 2.08. The number of nitrogens with zero attached hydrogens (tertiary/aromatic N) is 1. The van der Waals surface area contributed by atoms with Crippen molar-refractivity contribution >= 4 is 17.1 Å². The van der Waals surface area contributed by atoms with Crippen LogP contribution in [0, 0.1) is 11.6 Å². The van der Waals surface area contributed by atoms with Crippen LogP contribution in [0.15, 0.2) is 36.7 Å². The first kappa shape index (κ1) is 10.4. The number of pyridine rings is 1. The molecule has 0 amide bonds. The lowest BCUT2D eigenvalue weighted by Gasteiger charge is -2.08. The number of hydrogen-bond acceptors (Lipinski definition) is 3. The van der Waals surface area contributed by atoms with Crippen molar-refractivity contribution in [1.29, 1.82) is 0 Å². The summed E-state index contributed by atoms with van der Waals surface area (Å²) in [6.07, 6.45) is 2.88. The van der Waals surface area contributed by atoms with Crippen LogP contribution in [0.4, 0.5) is 25.8 Å². The van der Waals surface area contributed by atoms with Crippen LogP contribution in [0.2, 0.25) is 0 Å². The lowest BCUT2D eigenvalue weighted by Crippen LogP contribution is -1.98. The van der Waals surface area contributed by atoms with Crippen LogP contribution in [-0.2, 0) is 0 Å². The topological polar surface area (TPSA) is 50.9 Å². The molecule has 0 radical (unpaired) electrons. The minimum Gasteiger partial charge on any atom is -0.397 e. The van der Waals surface area contributed by atoms with E-state index < -0.39 is 11.6 Å². The van der Waals surface area contributed by atoms with Gasteiger partial charge in [-0.15, -0.1) is 0 Å². The fourth-order valence-electron chi connectivity index (χ4n) is 1.29. The highest BCUT2D eigenvalue weighted by Gasteiger charge is 2.08. The molecule has 0 unspecified atom stereocenters. The molecular weight excluding hydrogens is 212 g/mol. The van der Waals surface area contributed by atoms with Crippen molar-refractivity contribution < 1.29 is 8.78 Å². The van der Waals surface area contributed by atoms with Gasteiger partial charge in [-0.25, -0.2) is 8.78 Å². The summed E-state index contributed by atoms with van der Waals surface area (Å²) in [6, 6.07) is 5.18. The summed E-state index contributed by atoms with van der Waals surface area (Å²) >= 11 is 0. The zero-order valence-electron chi connectivity index (χ0n) is 8.24. The quantitative estimate of drug-likeness (QED) is 0.819. The van der Waals surface area contributed by atoms with Gasteiger partial charge in [-0.2, -0.15) is 0 Å². The van der Waals surface area contributed by atoms with Gasteiger partial charge >= 0.3 is 0 Å². The molecule has 0 atom stereocenters. The minimum atomic E-state index is -0.664. The molecule has 0 spiro atoms. The van der Waals surface area contributed by atoms with Crippen LogP contribution < -0.4 is 11.1 Å². The van der Waals surface area contributed by atoms with Gasteiger partial charge in [-0.1, -0.05) is 6.07 Å². The Morgan fingerprint density at radius 2 is 1.81 bits per heavy atom. The van der Waals surface area contributed by atoms with E-state index in [1.54, 1.807) is 6.07 Å². The maximum Gasteiger partial charge on any atom is 0.149 e. The lowest BCUT2D eigenvalue weighted by molar-refractivity contribution is 0.591. The summed E-state index contributed by atoms with van der Waals surface area (Å²) < 4.78 is 26.6. The molecule has 2 rings (SSSR count). The van der Waals surface area contributed by atoms with E-state index >= 15 is 0 Å². The molecule has 0 aliphatic rings. The summed E-state index contributed by atoms with van der Waals surface area (Å²) in [5.41, 5.74) is 6.14. The first-order valence-electron chi connectivity index (χ1n) is 4.58. The summed E-state index contributed by atoms with van der Waals surface area (Å²) in [4.78, 5) is 3.81. The number of para-hydroxylation sites is 1. The SMILES string of the molecule is Nc1cncc(Nc2c(F)cccc2F)c1. The third-order valence-electron chi connectivity index (χ3n) is 1.99. The largest absolute Gasteiger partial charge is 0.397 e. The van der Waals surface area contributed by atoms with Crippen molar-refractivity contribution in [3.8, 4) is 0 Å². The molecule has 1 heterocycles. The number of nitrogens with one attached hydrogen (secondary N) is 1. The van der Waals surface area contributed by atoms with Crippen molar-refractivity contribution in [3.05, 3.63) is 48.3 Å². The van der Waals surface area contributed by atoms with Gasteiger partial charge in [0.25, 0.3) is 0 Å². The molecule has 82 valence electrons. The summed E-state index contributed by atoms with van der Waals surface area (Å²) in [7, 11) is 0. The molecule has 3 nitrogen and oxygen atoms in total. The predicted molar refractivity (Wildman–Crippen MR) is 58.3 cm³/mol. The van der Waals surface area contributed by atoms with E-state index in [0.29, 0.717) is 11.4 Å². The number of hydrogen-bond donors (Lipinski definition) is 2. The van der Waals surface area contributed by atoms with Gasteiger partial charge in [-0.05, 0) is 18.2 Å². The summed E-state index contributed by atoms with van der Waals surface area (Å²) in [6.45, 7) is 0. The van der Waals surface area contributed by atoms with Crippen molar-refractivity contribution in [2.45, 2.75) is 0 Å². The lowest BCUT2D eigenvalue weighted by atomic mass is 10.2. The normalized spacial score (nSPS) is 10.1. The summed E-state index contributed by atoms with van der Waals surface area (Å²) in [5, 5.41) is 2.59. The molecule has 0 fully saturated rings. The number of rotatable bonds is 2. The highest BCUT2D eigenvalue weighted by molar-refractivity contribution is 5.62. The van der Waals surface area contributed by atoms with Crippen LogP contribution in [0.3, 0.4) is 0 Å². The fraction of sp³-hybridized carbons (Fsp3) is 0. The standard InChI is InChI=1S/C11H9F2N3/c12-9-2-1-3-10(13)11(9)16-8-4-7(14)5-15-6-8/h1-6,16H,14H2.